The second-order valence-corrected chi connectivity index (χ2v) is 9.98. The number of benzene rings is 1. The highest BCUT2D eigenvalue weighted by atomic mass is 16.5. The number of ether oxygens (including phenoxy) is 1. The fourth-order valence-corrected chi connectivity index (χ4v) is 3.55. The number of nitrogens with two attached hydrogens (primary N) is 1. The van der Waals surface area contributed by atoms with Crippen molar-refractivity contribution in [3.63, 3.8) is 0 Å². The highest BCUT2D eigenvalue weighted by molar-refractivity contribution is 5.79. The van der Waals surface area contributed by atoms with Crippen molar-refractivity contribution >= 4 is 17.5 Å². The lowest BCUT2D eigenvalue weighted by atomic mass is 10.0. The zero-order chi connectivity index (χ0) is 25.1. The summed E-state index contributed by atoms with van der Waals surface area (Å²) in [6, 6.07) is 13.8. The smallest absolute Gasteiger partial charge is 0.220 e. The van der Waals surface area contributed by atoms with Crippen LogP contribution in [0, 0.1) is 11.8 Å². The summed E-state index contributed by atoms with van der Waals surface area (Å²) in [5.41, 5.74) is 6.82. The van der Waals surface area contributed by atoms with Gasteiger partial charge < -0.3 is 20.7 Å². The van der Waals surface area contributed by atoms with E-state index in [0.717, 1.165) is 30.1 Å². The van der Waals surface area contributed by atoms with Crippen molar-refractivity contribution in [2.24, 2.45) is 17.6 Å². The summed E-state index contributed by atoms with van der Waals surface area (Å²) in [6.45, 7) is 12.2. The molecular weight excluding hydrogens is 428 g/mol. The summed E-state index contributed by atoms with van der Waals surface area (Å²) in [6.07, 6.45) is 3.53. The summed E-state index contributed by atoms with van der Waals surface area (Å²) in [5, 5.41) is 3.12. The van der Waals surface area contributed by atoms with Crippen LogP contribution in [0.4, 0.5) is 5.69 Å². The van der Waals surface area contributed by atoms with E-state index in [2.05, 4.69) is 41.2 Å². The van der Waals surface area contributed by atoms with E-state index >= 15 is 0 Å². The quantitative estimate of drug-likeness (QED) is 0.431. The van der Waals surface area contributed by atoms with Crippen LogP contribution in [-0.2, 0) is 16.2 Å². The van der Waals surface area contributed by atoms with Crippen LogP contribution in [0.5, 0.6) is 5.75 Å². The fourth-order valence-electron chi connectivity index (χ4n) is 3.55. The van der Waals surface area contributed by atoms with E-state index in [1.165, 1.54) is 0 Å². The van der Waals surface area contributed by atoms with Crippen LogP contribution in [0.2, 0.25) is 0 Å². The lowest BCUT2D eigenvalue weighted by Crippen LogP contribution is -2.52. The molecule has 7 nitrogen and oxygen atoms in total. The zero-order valence-corrected chi connectivity index (χ0v) is 21.2. The van der Waals surface area contributed by atoms with Crippen molar-refractivity contribution in [2.75, 3.05) is 18.0 Å². The van der Waals surface area contributed by atoms with Gasteiger partial charge in [0.1, 0.15) is 12.4 Å². The van der Waals surface area contributed by atoms with Gasteiger partial charge in [0.15, 0.2) is 0 Å². The molecule has 0 aliphatic rings. The number of nitrogens with zero attached hydrogens (tertiary/aromatic N) is 2. The van der Waals surface area contributed by atoms with Crippen LogP contribution in [0.15, 0.2) is 48.7 Å². The molecule has 7 heteroatoms. The lowest BCUT2D eigenvalue weighted by Gasteiger charge is -2.35. The van der Waals surface area contributed by atoms with Crippen LogP contribution >= 0.6 is 0 Å². The largest absolute Gasteiger partial charge is 0.487 e. The van der Waals surface area contributed by atoms with Crippen molar-refractivity contribution < 1.29 is 14.3 Å². The van der Waals surface area contributed by atoms with Crippen molar-refractivity contribution in [3.05, 3.63) is 54.4 Å². The number of primary amides is 1. The first-order valence-electron chi connectivity index (χ1n) is 12.0. The Morgan fingerprint density at radius 2 is 1.79 bits per heavy atom. The number of aromatic nitrogens is 1. The van der Waals surface area contributed by atoms with Gasteiger partial charge in [0.2, 0.25) is 11.8 Å². The minimum absolute atomic E-state index is 0.0693. The molecule has 0 aliphatic heterocycles. The van der Waals surface area contributed by atoms with E-state index in [1.807, 2.05) is 44.2 Å². The van der Waals surface area contributed by atoms with Gasteiger partial charge in [-0.05, 0) is 69.0 Å². The second kappa shape index (κ2) is 13.0. The number of amides is 2. The minimum atomic E-state index is -0.446. The summed E-state index contributed by atoms with van der Waals surface area (Å²) in [5.74, 6) is 0.597. The van der Waals surface area contributed by atoms with E-state index in [1.54, 1.807) is 13.1 Å². The fraction of sp³-hybridized carbons (Fsp3) is 0.519. The third-order valence-corrected chi connectivity index (χ3v) is 5.65. The third kappa shape index (κ3) is 9.81. The molecule has 1 atom stereocenters. The first-order chi connectivity index (χ1) is 16.1. The van der Waals surface area contributed by atoms with E-state index in [-0.39, 0.29) is 24.2 Å². The standard InChI is InChI=1S/C27H40N4O3/c1-20(2)15-17-31(19-27(4,5)30-25(32)14-9-21(3)26(28)33)23-10-12-24(13-11-23)34-18-22-8-6-7-16-29-22/h6-8,10-13,16,20-21H,9,14-15,17-19H2,1-5H3,(H2,28,33)(H,30,32). The number of hydrogen-bond donors (Lipinski definition) is 2. The molecule has 1 aromatic carbocycles. The molecule has 2 aromatic rings. The normalized spacial score (nSPS) is 12.3. The summed E-state index contributed by atoms with van der Waals surface area (Å²) in [7, 11) is 0. The Morgan fingerprint density at radius 3 is 2.38 bits per heavy atom. The van der Waals surface area contributed by atoms with Gasteiger partial charge in [-0.25, -0.2) is 0 Å². The van der Waals surface area contributed by atoms with E-state index in [4.69, 9.17) is 10.5 Å². The van der Waals surface area contributed by atoms with Crippen molar-refractivity contribution in [1.82, 2.24) is 10.3 Å². The number of nitrogens with one attached hydrogen (secondary N) is 1. The number of carbonyl (C=O) groups is 2. The van der Waals surface area contributed by atoms with Gasteiger partial charge >= 0.3 is 0 Å². The van der Waals surface area contributed by atoms with Crippen LogP contribution in [-0.4, -0.2) is 35.4 Å². The van der Waals surface area contributed by atoms with Crippen molar-refractivity contribution in [1.29, 1.82) is 0 Å². The predicted molar refractivity (Wildman–Crippen MR) is 136 cm³/mol. The third-order valence-electron chi connectivity index (χ3n) is 5.65. The number of hydrogen-bond acceptors (Lipinski definition) is 5. The van der Waals surface area contributed by atoms with Gasteiger partial charge in [0.05, 0.1) is 11.2 Å². The Labute approximate surface area is 204 Å². The molecular formula is C27H40N4O3. The van der Waals surface area contributed by atoms with Gasteiger partial charge in [0, 0.05) is 37.3 Å². The van der Waals surface area contributed by atoms with Gasteiger partial charge in [-0.3, -0.25) is 14.6 Å². The Balaban J connectivity index is 2.01. The van der Waals surface area contributed by atoms with E-state index < -0.39 is 5.54 Å². The molecule has 0 radical (unpaired) electrons. The van der Waals surface area contributed by atoms with Crippen molar-refractivity contribution in [3.8, 4) is 5.75 Å². The maximum Gasteiger partial charge on any atom is 0.220 e. The highest BCUT2D eigenvalue weighted by Gasteiger charge is 2.25. The van der Waals surface area contributed by atoms with Gasteiger partial charge in [-0.1, -0.05) is 26.8 Å². The Bertz CT molecular complexity index is 898. The molecule has 0 aliphatic carbocycles. The first-order valence-corrected chi connectivity index (χ1v) is 12.0. The second-order valence-electron chi connectivity index (χ2n) is 9.98. The molecule has 1 aromatic heterocycles. The molecule has 2 rings (SSSR count). The lowest BCUT2D eigenvalue weighted by molar-refractivity contribution is -0.124. The van der Waals surface area contributed by atoms with E-state index in [9.17, 15) is 9.59 Å². The number of pyridine rings is 1. The van der Waals surface area contributed by atoms with Gasteiger partial charge in [0.25, 0.3) is 0 Å². The molecule has 0 fully saturated rings. The Morgan fingerprint density at radius 1 is 1.09 bits per heavy atom. The van der Waals surface area contributed by atoms with Crippen LogP contribution < -0.4 is 20.7 Å². The predicted octanol–water partition coefficient (Wildman–Crippen LogP) is 4.31. The molecule has 2 amide bonds. The van der Waals surface area contributed by atoms with Crippen LogP contribution in [0.1, 0.15) is 59.6 Å². The maximum atomic E-state index is 12.5. The molecule has 3 N–H and O–H groups in total. The average Bonchev–Trinajstić information content (AvgIpc) is 2.79. The summed E-state index contributed by atoms with van der Waals surface area (Å²) in [4.78, 5) is 30.3. The van der Waals surface area contributed by atoms with Crippen molar-refractivity contribution in [2.45, 2.75) is 66.0 Å². The van der Waals surface area contributed by atoms with Gasteiger partial charge in [-0.2, -0.15) is 0 Å². The minimum Gasteiger partial charge on any atom is -0.487 e. The number of anilines is 1. The monoisotopic (exact) mass is 468 g/mol. The van der Waals surface area contributed by atoms with E-state index in [0.29, 0.717) is 25.5 Å². The molecule has 0 spiro atoms. The van der Waals surface area contributed by atoms with Crippen LogP contribution in [0.3, 0.4) is 0 Å². The number of carbonyl (C=O) groups excluding carboxylic acids is 2. The molecule has 1 unspecified atom stereocenters. The van der Waals surface area contributed by atoms with Gasteiger partial charge in [-0.15, -0.1) is 0 Å². The molecule has 1 heterocycles. The maximum absolute atomic E-state index is 12.5. The molecule has 186 valence electrons. The summed E-state index contributed by atoms with van der Waals surface area (Å²) >= 11 is 0. The molecule has 0 saturated heterocycles. The topological polar surface area (TPSA) is 97.6 Å². The zero-order valence-electron chi connectivity index (χ0n) is 21.2. The average molecular weight is 469 g/mol. The molecule has 0 bridgehead atoms. The number of rotatable bonds is 14. The summed E-state index contributed by atoms with van der Waals surface area (Å²) < 4.78 is 5.87. The molecule has 0 saturated carbocycles. The first kappa shape index (κ1) is 27.2. The van der Waals surface area contributed by atoms with Crippen LogP contribution in [0.25, 0.3) is 0 Å². The Hall–Kier alpha value is -3.09. The Kier molecular flexibility index (Phi) is 10.4. The SMILES string of the molecule is CC(C)CCN(CC(C)(C)NC(=O)CCC(C)C(N)=O)c1ccc(OCc2ccccn2)cc1. The molecule has 34 heavy (non-hydrogen) atoms. The highest BCUT2D eigenvalue weighted by Crippen LogP contribution is 2.23.